The van der Waals surface area contributed by atoms with E-state index in [9.17, 15) is 23.8 Å². The van der Waals surface area contributed by atoms with Gasteiger partial charge in [0.25, 0.3) is 6.43 Å². The summed E-state index contributed by atoms with van der Waals surface area (Å²) < 4.78 is 31.7. The molecule has 2 rings (SSSR count). The smallest absolute Gasteiger partial charge is 0.351 e. The van der Waals surface area contributed by atoms with E-state index in [1.54, 1.807) is 0 Å². The number of nitrogen functional groups attached to an aromatic ring is 1. The standard InChI is InChI=1S/C10H13F2N3O5/c11-7(12)10(19)6(17)4(3-16)20-8(10)15-2-1-5(13)14-9(15)18/h1-2,4,6-8,16-17,19H,3H2,(H2,13,14,18)/t4-,6-,8-,10+/m1/s1. The van der Waals surface area contributed by atoms with E-state index in [2.05, 4.69) is 4.98 Å². The lowest BCUT2D eigenvalue weighted by Gasteiger charge is -2.30. The van der Waals surface area contributed by atoms with Gasteiger partial charge in [0.1, 0.15) is 18.0 Å². The molecule has 5 N–H and O–H groups in total. The number of nitrogens with two attached hydrogens (primary N) is 1. The highest BCUT2D eigenvalue weighted by atomic mass is 19.3. The fourth-order valence-electron chi connectivity index (χ4n) is 2.07. The zero-order valence-corrected chi connectivity index (χ0v) is 10.1. The lowest BCUT2D eigenvalue weighted by atomic mass is 9.94. The summed E-state index contributed by atoms with van der Waals surface area (Å²) in [5.74, 6) is -0.135. The first-order chi connectivity index (χ1) is 9.32. The normalized spacial score (nSPS) is 33.8. The molecule has 0 radical (unpaired) electrons. The first kappa shape index (κ1) is 14.8. The molecular formula is C10H13F2N3O5. The second-order valence-corrected chi connectivity index (χ2v) is 4.38. The summed E-state index contributed by atoms with van der Waals surface area (Å²) in [5.41, 5.74) is 1.19. The van der Waals surface area contributed by atoms with Crippen LogP contribution in [0.1, 0.15) is 6.23 Å². The Morgan fingerprint density at radius 1 is 1.60 bits per heavy atom. The van der Waals surface area contributed by atoms with Gasteiger partial charge in [0.05, 0.1) is 6.61 Å². The summed E-state index contributed by atoms with van der Waals surface area (Å²) in [5, 5.41) is 28.6. The zero-order valence-electron chi connectivity index (χ0n) is 10.1. The van der Waals surface area contributed by atoms with Gasteiger partial charge in [-0.3, -0.25) is 4.57 Å². The molecule has 0 spiro atoms. The van der Waals surface area contributed by atoms with Crippen molar-refractivity contribution >= 4 is 5.82 Å². The van der Waals surface area contributed by atoms with Crippen molar-refractivity contribution in [3.8, 4) is 0 Å². The summed E-state index contributed by atoms with van der Waals surface area (Å²) in [6, 6.07) is 1.15. The Morgan fingerprint density at radius 2 is 2.25 bits per heavy atom. The molecule has 112 valence electrons. The van der Waals surface area contributed by atoms with Gasteiger partial charge in [-0.2, -0.15) is 4.98 Å². The second-order valence-electron chi connectivity index (χ2n) is 4.38. The van der Waals surface area contributed by atoms with Crippen LogP contribution >= 0.6 is 0 Å². The molecule has 10 heteroatoms. The van der Waals surface area contributed by atoms with Gasteiger partial charge in [0, 0.05) is 6.20 Å². The Bertz CT molecular complexity index is 554. The van der Waals surface area contributed by atoms with Gasteiger partial charge in [0.2, 0.25) is 0 Å². The Labute approximate surface area is 111 Å². The molecule has 0 saturated carbocycles. The van der Waals surface area contributed by atoms with E-state index in [0.717, 1.165) is 12.3 Å². The molecule has 1 saturated heterocycles. The Kier molecular flexibility index (Phi) is 3.73. The van der Waals surface area contributed by atoms with Crippen molar-refractivity contribution in [2.24, 2.45) is 0 Å². The van der Waals surface area contributed by atoms with Crippen LogP contribution in [-0.2, 0) is 4.74 Å². The molecule has 2 heterocycles. The summed E-state index contributed by atoms with van der Waals surface area (Å²) >= 11 is 0. The third-order valence-corrected chi connectivity index (χ3v) is 3.16. The fourth-order valence-corrected chi connectivity index (χ4v) is 2.07. The highest BCUT2D eigenvalue weighted by Gasteiger charge is 2.62. The average Bonchev–Trinajstić information content (AvgIpc) is 2.64. The highest BCUT2D eigenvalue weighted by Crippen LogP contribution is 2.41. The van der Waals surface area contributed by atoms with E-state index in [-0.39, 0.29) is 5.82 Å². The number of aromatic nitrogens is 2. The predicted molar refractivity (Wildman–Crippen MR) is 60.9 cm³/mol. The number of nitrogens with zero attached hydrogens (tertiary/aromatic N) is 2. The van der Waals surface area contributed by atoms with Crippen LogP contribution in [0.15, 0.2) is 17.1 Å². The number of alkyl halides is 2. The van der Waals surface area contributed by atoms with Crippen LogP contribution in [0.2, 0.25) is 0 Å². The van der Waals surface area contributed by atoms with Crippen LogP contribution in [0.5, 0.6) is 0 Å². The maximum Gasteiger partial charge on any atom is 0.351 e. The van der Waals surface area contributed by atoms with E-state index in [1.807, 2.05) is 0 Å². The van der Waals surface area contributed by atoms with Crippen LogP contribution in [-0.4, -0.2) is 55.7 Å². The Balaban J connectivity index is 2.51. The van der Waals surface area contributed by atoms with Gasteiger partial charge in [-0.1, -0.05) is 0 Å². The first-order valence-electron chi connectivity index (χ1n) is 5.62. The monoisotopic (exact) mass is 293 g/mol. The molecule has 0 aromatic carbocycles. The van der Waals surface area contributed by atoms with Gasteiger partial charge in [-0.05, 0) is 6.07 Å². The van der Waals surface area contributed by atoms with E-state index < -0.39 is 42.8 Å². The van der Waals surface area contributed by atoms with Gasteiger partial charge in [-0.25, -0.2) is 13.6 Å². The van der Waals surface area contributed by atoms with Crippen molar-refractivity contribution in [1.29, 1.82) is 0 Å². The molecule has 1 fully saturated rings. The molecule has 4 atom stereocenters. The molecule has 8 nitrogen and oxygen atoms in total. The summed E-state index contributed by atoms with van der Waals surface area (Å²) in [6.07, 6.45) is -7.82. The van der Waals surface area contributed by atoms with E-state index >= 15 is 0 Å². The van der Waals surface area contributed by atoms with Crippen molar-refractivity contribution in [2.45, 2.75) is 30.5 Å². The minimum Gasteiger partial charge on any atom is -0.394 e. The lowest BCUT2D eigenvalue weighted by Crippen LogP contribution is -2.54. The van der Waals surface area contributed by atoms with Gasteiger partial charge in [0.15, 0.2) is 11.8 Å². The first-order valence-corrected chi connectivity index (χ1v) is 5.62. The van der Waals surface area contributed by atoms with Crippen LogP contribution in [0.25, 0.3) is 0 Å². The summed E-state index contributed by atoms with van der Waals surface area (Å²) in [4.78, 5) is 15.0. The van der Waals surface area contributed by atoms with Gasteiger partial charge in [-0.15, -0.1) is 0 Å². The van der Waals surface area contributed by atoms with Crippen molar-refractivity contribution in [3.05, 3.63) is 22.7 Å². The minimum absolute atomic E-state index is 0.135. The topological polar surface area (TPSA) is 131 Å². The number of ether oxygens (including phenoxy) is 1. The second kappa shape index (κ2) is 5.05. The van der Waals surface area contributed by atoms with Crippen molar-refractivity contribution in [2.75, 3.05) is 12.3 Å². The molecule has 0 bridgehead atoms. The van der Waals surface area contributed by atoms with E-state index in [1.165, 1.54) is 0 Å². The molecule has 20 heavy (non-hydrogen) atoms. The third-order valence-electron chi connectivity index (χ3n) is 3.16. The van der Waals surface area contributed by atoms with Crippen molar-refractivity contribution in [1.82, 2.24) is 9.55 Å². The number of rotatable bonds is 3. The van der Waals surface area contributed by atoms with Crippen molar-refractivity contribution in [3.63, 3.8) is 0 Å². The third kappa shape index (κ3) is 2.06. The van der Waals surface area contributed by atoms with Crippen LogP contribution in [0.4, 0.5) is 14.6 Å². The van der Waals surface area contributed by atoms with Gasteiger partial charge < -0.3 is 25.8 Å². The number of hydrogen-bond donors (Lipinski definition) is 4. The quantitative estimate of drug-likeness (QED) is 0.510. The largest absolute Gasteiger partial charge is 0.394 e. The molecule has 1 aliphatic rings. The maximum absolute atomic E-state index is 13.1. The van der Waals surface area contributed by atoms with Crippen LogP contribution in [0.3, 0.4) is 0 Å². The van der Waals surface area contributed by atoms with Gasteiger partial charge >= 0.3 is 5.69 Å². The summed E-state index contributed by atoms with van der Waals surface area (Å²) in [6.45, 7) is -0.802. The molecule has 1 aromatic rings. The number of aliphatic hydroxyl groups is 3. The SMILES string of the molecule is Nc1ccn([C@@H]2O[C@H](CO)[C@@H](O)[C@]2(O)C(F)F)c(=O)n1. The molecule has 1 aromatic heterocycles. The van der Waals surface area contributed by atoms with Crippen LogP contribution in [0, 0.1) is 0 Å². The molecule has 0 amide bonds. The van der Waals surface area contributed by atoms with E-state index in [0.29, 0.717) is 4.57 Å². The molecule has 0 unspecified atom stereocenters. The zero-order chi connectivity index (χ0) is 15.1. The van der Waals surface area contributed by atoms with Crippen LogP contribution < -0.4 is 11.4 Å². The predicted octanol–water partition coefficient (Wildman–Crippen LogP) is -1.93. The Morgan fingerprint density at radius 3 is 2.75 bits per heavy atom. The number of anilines is 1. The minimum atomic E-state index is -3.41. The number of hydrogen-bond acceptors (Lipinski definition) is 7. The molecule has 0 aliphatic carbocycles. The van der Waals surface area contributed by atoms with Crippen molar-refractivity contribution < 1.29 is 28.8 Å². The maximum atomic E-state index is 13.1. The highest BCUT2D eigenvalue weighted by molar-refractivity contribution is 5.24. The lowest BCUT2D eigenvalue weighted by molar-refractivity contribution is -0.185. The summed E-state index contributed by atoms with van der Waals surface area (Å²) in [7, 11) is 0. The average molecular weight is 293 g/mol. The molecule has 1 aliphatic heterocycles. The molecular weight excluding hydrogens is 280 g/mol. The number of aliphatic hydroxyl groups excluding tert-OH is 2. The Hall–Kier alpha value is -1.62. The number of halogens is 2. The van der Waals surface area contributed by atoms with E-state index in [4.69, 9.17) is 15.6 Å². The fraction of sp³-hybridized carbons (Fsp3) is 0.600.